The maximum absolute atomic E-state index is 12.7. The van der Waals surface area contributed by atoms with Crippen molar-refractivity contribution in [3.63, 3.8) is 0 Å². The second kappa shape index (κ2) is 6.59. The Kier molecular flexibility index (Phi) is 4.51. The minimum absolute atomic E-state index is 0.0130. The highest BCUT2D eigenvalue weighted by atomic mass is 16.2. The number of carbonyl (C=O) groups is 2. The van der Waals surface area contributed by atoms with E-state index >= 15 is 0 Å². The molecule has 128 valence electrons. The summed E-state index contributed by atoms with van der Waals surface area (Å²) in [6.07, 6.45) is 3.78. The van der Waals surface area contributed by atoms with Gasteiger partial charge in [0.05, 0.1) is 11.3 Å². The Balaban J connectivity index is 1.71. The third kappa shape index (κ3) is 3.11. The van der Waals surface area contributed by atoms with Gasteiger partial charge in [-0.05, 0) is 39.7 Å². The Morgan fingerprint density at radius 3 is 2.79 bits per heavy atom. The molecule has 1 atom stereocenters. The molecule has 2 aromatic rings. The van der Waals surface area contributed by atoms with Crippen LogP contribution in [-0.2, 0) is 11.3 Å². The topological polar surface area (TPSA) is 83.9 Å². The van der Waals surface area contributed by atoms with Crippen molar-refractivity contribution in [2.45, 2.75) is 46.1 Å². The molecule has 1 N–H and O–H groups in total. The zero-order valence-electron chi connectivity index (χ0n) is 14.4. The van der Waals surface area contributed by atoms with Gasteiger partial charge in [0, 0.05) is 36.6 Å². The number of aromatic amines is 1. The van der Waals surface area contributed by atoms with E-state index < -0.39 is 0 Å². The van der Waals surface area contributed by atoms with Gasteiger partial charge in [0.25, 0.3) is 0 Å². The number of aromatic nitrogens is 4. The molecule has 0 saturated carbocycles. The molecule has 3 heterocycles. The molecule has 0 aromatic carbocycles. The highest BCUT2D eigenvalue weighted by molar-refractivity contribution is 5.96. The number of Topliss-reactive ketones (excluding diaryl/α,β-unsaturated/α-hetero) is 1. The summed E-state index contributed by atoms with van der Waals surface area (Å²) in [5, 5.41) is 11.4. The van der Waals surface area contributed by atoms with Gasteiger partial charge in [-0.15, -0.1) is 0 Å². The van der Waals surface area contributed by atoms with Crippen molar-refractivity contribution >= 4 is 11.7 Å². The number of carbonyl (C=O) groups excluding carboxylic acids is 2. The van der Waals surface area contributed by atoms with Crippen molar-refractivity contribution in [1.82, 2.24) is 24.9 Å². The van der Waals surface area contributed by atoms with Crippen LogP contribution in [0.1, 0.15) is 53.1 Å². The van der Waals surface area contributed by atoms with Crippen LogP contribution in [0.15, 0.2) is 12.3 Å². The van der Waals surface area contributed by atoms with Crippen LogP contribution in [-0.4, -0.2) is 49.7 Å². The number of nitrogens with zero attached hydrogens (tertiary/aromatic N) is 4. The van der Waals surface area contributed by atoms with E-state index in [1.54, 1.807) is 17.8 Å². The first-order chi connectivity index (χ1) is 11.5. The highest BCUT2D eigenvalue weighted by Gasteiger charge is 2.26. The molecule has 0 unspecified atom stereocenters. The van der Waals surface area contributed by atoms with Crippen LogP contribution in [0, 0.1) is 13.8 Å². The normalized spacial score (nSPS) is 18.0. The zero-order chi connectivity index (χ0) is 17.3. The third-order valence-electron chi connectivity index (χ3n) is 4.75. The maximum atomic E-state index is 12.7. The maximum Gasteiger partial charge on any atom is 0.244 e. The Hall–Kier alpha value is -2.44. The summed E-state index contributed by atoms with van der Waals surface area (Å²) >= 11 is 0. The number of hydrogen-bond donors (Lipinski definition) is 1. The lowest BCUT2D eigenvalue weighted by molar-refractivity contribution is -0.133. The molecule has 7 heteroatoms. The van der Waals surface area contributed by atoms with Crippen molar-refractivity contribution < 1.29 is 9.59 Å². The fourth-order valence-corrected chi connectivity index (χ4v) is 3.54. The van der Waals surface area contributed by atoms with E-state index in [-0.39, 0.29) is 18.2 Å². The van der Waals surface area contributed by atoms with E-state index in [4.69, 9.17) is 0 Å². The lowest BCUT2D eigenvalue weighted by atomic mass is 9.95. The predicted molar refractivity (Wildman–Crippen MR) is 88.8 cm³/mol. The minimum Gasteiger partial charge on any atom is -0.340 e. The summed E-state index contributed by atoms with van der Waals surface area (Å²) in [6, 6.07) is 1.97. The van der Waals surface area contributed by atoms with Crippen molar-refractivity contribution in [3.05, 3.63) is 34.9 Å². The van der Waals surface area contributed by atoms with Crippen LogP contribution in [0.2, 0.25) is 0 Å². The van der Waals surface area contributed by atoms with Crippen LogP contribution in [0.25, 0.3) is 0 Å². The Labute approximate surface area is 141 Å². The molecule has 7 nitrogen and oxygen atoms in total. The minimum atomic E-state index is -0.0130. The van der Waals surface area contributed by atoms with E-state index in [2.05, 4.69) is 15.3 Å². The molecule has 1 aliphatic heterocycles. The number of nitrogens with one attached hydrogen (secondary N) is 1. The molecular weight excluding hydrogens is 306 g/mol. The number of rotatable bonds is 4. The molecule has 3 rings (SSSR count). The molecule has 0 aliphatic carbocycles. The molecule has 1 amide bonds. The van der Waals surface area contributed by atoms with Gasteiger partial charge in [0.15, 0.2) is 5.78 Å². The van der Waals surface area contributed by atoms with Crippen LogP contribution in [0.3, 0.4) is 0 Å². The fraction of sp³-hybridized carbons (Fsp3) is 0.529. The van der Waals surface area contributed by atoms with Crippen molar-refractivity contribution in [2.75, 3.05) is 13.1 Å². The average Bonchev–Trinajstić information content (AvgIpc) is 3.16. The Morgan fingerprint density at radius 1 is 1.38 bits per heavy atom. The molecule has 2 aromatic heterocycles. The Morgan fingerprint density at radius 2 is 2.17 bits per heavy atom. The molecule has 0 radical (unpaired) electrons. The summed E-state index contributed by atoms with van der Waals surface area (Å²) in [5.74, 6) is 0.333. The number of likely N-dealkylation sites (tertiary alicyclic amines) is 1. The summed E-state index contributed by atoms with van der Waals surface area (Å²) in [6.45, 7) is 6.81. The molecule has 0 bridgehead atoms. The van der Waals surface area contributed by atoms with E-state index in [0.29, 0.717) is 23.7 Å². The van der Waals surface area contributed by atoms with Gasteiger partial charge in [-0.3, -0.25) is 19.4 Å². The second-order valence-electron chi connectivity index (χ2n) is 6.45. The first-order valence-corrected chi connectivity index (χ1v) is 8.29. The molecule has 24 heavy (non-hydrogen) atoms. The number of hydrogen-bond acceptors (Lipinski definition) is 4. The first kappa shape index (κ1) is 16.4. The van der Waals surface area contributed by atoms with E-state index in [9.17, 15) is 9.59 Å². The van der Waals surface area contributed by atoms with Gasteiger partial charge in [-0.25, -0.2) is 0 Å². The number of aryl methyl sites for hydroxylation is 1. The van der Waals surface area contributed by atoms with E-state index in [0.717, 1.165) is 30.8 Å². The molecule has 0 spiro atoms. The quantitative estimate of drug-likeness (QED) is 0.867. The summed E-state index contributed by atoms with van der Waals surface area (Å²) in [7, 11) is 0. The number of piperidine rings is 1. The monoisotopic (exact) mass is 329 g/mol. The van der Waals surface area contributed by atoms with Gasteiger partial charge >= 0.3 is 0 Å². The number of H-pyrrole nitrogens is 1. The van der Waals surface area contributed by atoms with Gasteiger partial charge in [-0.2, -0.15) is 10.2 Å². The molecule has 1 fully saturated rings. The first-order valence-electron chi connectivity index (χ1n) is 8.29. The third-order valence-corrected chi connectivity index (χ3v) is 4.75. The summed E-state index contributed by atoms with van der Waals surface area (Å²) in [5.41, 5.74) is 3.14. The van der Waals surface area contributed by atoms with Crippen LogP contribution in [0.4, 0.5) is 0 Å². The lowest BCUT2D eigenvalue weighted by Gasteiger charge is -2.32. The van der Waals surface area contributed by atoms with Crippen molar-refractivity contribution in [2.24, 2.45) is 0 Å². The smallest absolute Gasteiger partial charge is 0.244 e. The van der Waals surface area contributed by atoms with Crippen LogP contribution in [0.5, 0.6) is 0 Å². The molecular formula is C17H23N5O2. The summed E-state index contributed by atoms with van der Waals surface area (Å²) in [4.78, 5) is 26.3. The van der Waals surface area contributed by atoms with E-state index in [1.165, 1.54) is 6.92 Å². The standard InChI is InChI=1S/C17H23N5O2/c1-11-17(13(3)23)12(2)22(20-11)10-16(24)21-8-4-5-14(9-21)15-6-7-18-19-15/h6-7,14H,4-5,8-10H2,1-3H3,(H,18,19)/t14-/m1/s1. The molecule has 1 aliphatic rings. The fourth-order valence-electron chi connectivity index (χ4n) is 3.54. The van der Waals surface area contributed by atoms with Crippen LogP contribution < -0.4 is 0 Å². The summed E-state index contributed by atoms with van der Waals surface area (Å²) < 4.78 is 1.65. The average molecular weight is 329 g/mol. The van der Waals surface area contributed by atoms with Gasteiger partial charge in [-0.1, -0.05) is 0 Å². The highest BCUT2D eigenvalue weighted by Crippen LogP contribution is 2.25. The number of amides is 1. The zero-order valence-corrected chi connectivity index (χ0v) is 14.4. The van der Waals surface area contributed by atoms with Crippen molar-refractivity contribution in [1.29, 1.82) is 0 Å². The Bertz CT molecular complexity index is 747. The molecule has 1 saturated heterocycles. The van der Waals surface area contributed by atoms with Crippen molar-refractivity contribution in [3.8, 4) is 0 Å². The van der Waals surface area contributed by atoms with Gasteiger partial charge in [0.1, 0.15) is 6.54 Å². The largest absolute Gasteiger partial charge is 0.340 e. The lowest BCUT2D eigenvalue weighted by Crippen LogP contribution is -2.41. The SMILES string of the molecule is CC(=O)c1c(C)nn(CC(=O)N2CCC[C@@H](c3ccn[nH]3)C2)c1C. The van der Waals surface area contributed by atoms with Gasteiger partial charge in [0.2, 0.25) is 5.91 Å². The van der Waals surface area contributed by atoms with Gasteiger partial charge < -0.3 is 4.90 Å². The van der Waals surface area contributed by atoms with E-state index in [1.807, 2.05) is 17.9 Å². The second-order valence-corrected chi connectivity index (χ2v) is 6.45. The predicted octanol–water partition coefficient (Wildman–Crippen LogP) is 1.83. The van der Waals surface area contributed by atoms with Crippen LogP contribution >= 0.6 is 0 Å². The number of ketones is 1.